The van der Waals surface area contributed by atoms with E-state index >= 15 is 0 Å². The number of aromatic nitrogens is 2. The van der Waals surface area contributed by atoms with E-state index in [1.165, 1.54) is 45.6 Å². The minimum absolute atomic E-state index is 0.0172. The van der Waals surface area contributed by atoms with Crippen molar-refractivity contribution < 1.29 is 19.1 Å². The van der Waals surface area contributed by atoms with Gasteiger partial charge in [0.15, 0.2) is 0 Å². The molecule has 7 nitrogen and oxygen atoms in total. The number of fused-ring (bicyclic) bond motifs is 4. The number of aryl methyl sites for hydroxylation is 3. The molecular formula is C33H35N3O4. The predicted octanol–water partition coefficient (Wildman–Crippen LogP) is 4.32. The fourth-order valence-electron chi connectivity index (χ4n) is 6.12. The van der Waals surface area contributed by atoms with Gasteiger partial charge in [-0.3, -0.25) is 9.59 Å². The van der Waals surface area contributed by atoms with E-state index < -0.39 is 0 Å². The summed E-state index contributed by atoms with van der Waals surface area (Å²) in [4.78, 5) is 25.8. The number of pyridine rings is 2. The highest BCUT2D eigenvalue weighted by Crippen LogP contribution is 2.40. The van der Waals surface area contributed by atoms with Gasteiger partial charge in [-0.05, 0) is 66.1 Å². The standard InChI is InChI=1S/C33H35N3O4/c1-22(37)40-16-6-7-24-20-27-26-19-23(11-13-31(38)36-14-17-39-18-15-36)10-12-29(26)35(3)33-25-8-4-5-9-28(25)34(2)30(21-24)32(27)33/h4-5,9-13,19-21H,6-8,14-18H2,1-3H3. The Bertz CT molecular complexity index is 1730. The van der Waals surface area contributed by atoms with Crippen LogP contribution in [0.5, 0.6) is 0 Å². The molecule has 2 aromatic carbocycles. The van der Waals surface area contributed by atoms with Crippen LogP contribution in [0.3, 0.4) is 0 Å². The summed E-state index contributed by atoms with van der Waals surface area (Å²) in [6, 6.07) is 11.0. The van der Waals surface area contributed by atoms with Gasteiger partial charge in [0.1, 0.15) is 0 Å². The topological polar surface area (TPSA) is 65.7 Å². The molecule has 206 valence electrons. The quantitative estimate of drug-likeness (QED) is 0.121. The van der Waals surface area contributed by atoms with Crippen molar-refractivity contribution in [3.05, 3.63) is 70.6 Å². The predicted molar refractivity (Wildman–Crippen MR) is 159 cm³/mol. The van der Waals surface area contributed by atoms with Crippen LogP contribution in [0.1, 0.15) is 30.0 Å². The Morgan fingerprint density at radius 2 is 1.85 bits per heavy atom. The number of nitrogens with zero attached hydrogens (tertiary/aromatic N) is 3. The molecule has 3 heterocycles. The number of hydrogen-bond donors (Lipinski definition) is 0. The maximum Gasteiger partial charge on any atom is 0.302 e. The summed E-state index contributed by atoms with van der Waals surface area (Å²) in [6.45, 7) is 4.30. The Morgan fingerprint density at radius 3 is 2.65 bits per heavy atom. The van der Waals surface area contributed by atoms with Crippen molar-refractivity contribution in [1.82, 2.24) is 14.0 Å². The molecule has 0 saturated carbocycles. The average Bonchev–Trinajstić information content (AvgIpc) is 2.98. The lowest BCUT2D eigenvalue weighted by molar-refractivity contribution is -0.141. The molecule has 0 bridgehead atoms. The first-order chi connectivity index (χ1) is 19.4. The van der Waals surface area contributed by atoms with Crippen molar-refractivity contribution in [3.63, 3.8) is 0 Å². The SMILES string of the molecule is CC(=O)OCCCc1cc2c3c(c1)n(C)c1c(c-3n(C)c3ccc(C=CC(=O)N4CCOCC4)cc23)CC=CC=1. The number of morpholine rings is 1. The molecule has 4 aliphatic rings. The summed E-state index contributed by atoms with van der Waals surface area (Å²) < 4.78 is 15.2. The number of allylic oxidation sites excluding steroid dienone is 2. The molecule has 0 unspecified atom stereocenters. The number of carbonyl (C=O) groups is 2. The molecule has 40 heavy (non-hydrogen) atoms. The normalized spacial score (nSPS) is 15.2. The molecule has 0 spiro atoms. The highest BCUT2D eigenvalue weighted by atomic mass is 16.5. The second kappa shape index (κ2) is 10.8. The van der Waals surface area contributed by atoms with Gasteiger partial charge in [-0.2, -0.15) is 0 Å². The van der Waals surface area contributed by atoms with Gasteiger partial charge in [0.2, 0.25) is 5.91 Å². The average molecular weight is 538 g/mol. The summed E-state index contributed by atoms with van der Waals surface area (Å²) in [7, 11) is 4.30. The Morgan fingerprint density at radius 1 is 1.02 bits per heavy atom. The summed E-state index contributed by atoms with van der Waals surface area (Å²) in [5.41, 5.74) is 8.35. The van der Waals surface area contributed by atoms with Crippen LogP contribution in [-0.4, -0.2) is 58.8 Å². The summed E-state index contributed by atoms with van der Waals surface area (Å²) >= 11 is 0. The van der Waals surface area contributed by atoms with Crippen LogP contribution in [-0.2, 0) is 46.0 Å². The van der Waals surface area contributed by atoms with E-state index in [-0.39, 0.29) is 11.9 Å². The number of esters is 1. The van der Waals surface area contributed by atoms with Crippen LogP contribution >= 0.6 is 0 Å². The molecule has 0 radical (unpaired) electrons. The van der Waals surface area contributed by atoms with Crippen molar-refractivity contribution in [2.75, 3.05) is 32.9 Å². The number of benzene rings is 2. The van der Waals surface area contributed by atoms with Gasteiger partial charge in [-0.25, -0.2) is 0 Å². The molecular weight excluding hydrogens is 502 g/mol. The monoisotopic (exact) mass is 537 g/mol. The fourth-order valence-corrected chi connectivity index (χ4v) is 6.12. The summed E-state index contributed by atoms with van der Waals surface area (Å²) in [5, 5.41) is 3.58. The first-order valence-electron chi connectivity index (χ1n) is 14.0. The Kier molecular flexibility index (Phi) is 7.07. The van der Waals surface area contributed by atoms with E-state index in [9.17, 15) is 9.59 Å². The zero-order valence-electron chi connectivity index (χ0n) is 23.4. The van der Waals surface area contributed by atoms with Crippen molar-refractivity contribution in [3.8, 4) is 11.3 Å². The fraction of sp³-hybridized carbons (Fsp3) is 0.333. The summed E-state index contributed by atoms with van der Waals surface area (Å²) in [5.74, 6) is -0.229. The second-order valence-electron chi connectivity index (χ2n) is 10.7. The molecule has 1 fully saturated rings. The number of ether oxygens (including phenoxy) is 2. The van der Waals surface area contributed by atoms with Gasteiger partial charge in [-0.1, -0.05) is 24.3 Å². The lowest BCUT2D eigenvalue weighted by Crippen LogP contribution is -2.39. The maximum atomic E-state index is 12.7. The molecule has 0 atom stereocenters. The minimum Gasteiger partial charge on any atom is -0.466 e. The summed E-state index contributed by atoms with van der Waals surface area (Å²) in [6.07, 6.45) is 12.6. The second-order valence-corrected chi connectivity index (χ2v) is 10.7. The molecule has 3 aliphatic heterocycles. The first-order valence-corrected chi connectivity index (χ1v) is 14.0. The van der Waals surface area contributed by atoms with Gasteiger partial charge in [0.05, 0.1) is 31.0 Å². The molecule has 1 aliphatic carbocycles. The van der Waals surface area contributed by atoms with Crippen LogP contribution in [0.15, 0.2) is 48.6 Å². The molecule has 2 aromatic rings. The van der Waals surface area contributed by atoms with Gasteiger partial charge in [0, 0.05) is 67.6 Å². The van der Waals surface area contributed by atoms with Crippen molar-refractivity contribution in [1.29, 1.82) is 0 Å². The van der Waals surface area contributed by atoms with Crippen molar-refractivity contribution in [2.45, 2.75) is 26.2 Å². The molecule has 6 rings (SSSR count). The van der Waals surface area contributed by atoms with E-state index in [0.717, 1.165) is 35.7 Å². The minimum atomic E-state index is -0.246. The van der Waals surface area contributed by atoms with Crippen LogP contribution in [0, 0.1) is 0 Å². The highest BCUT2D eigenvalue weighted by molar-refractivity contribution is 6.12. The van der Waals surface area contributed by atoms with E-state index in [0.29, 0.717) is 32.9 Å². The van der Waals surface area contributed by atoms with Gasteiger partial charge in [-0.15, -0.1) is 0 Å². The zero-order valence-corrected chi connectivity index (χ0v) is 23.4. The maximum absolute atomic E-state index is 12.7. The highest BCUT2D eigenvalue weighted by Gasteiger charge is 2.23. The van der Waals surface area contributed by atoms with E-state index in [1.807, 2.05) is 11.0 Å². The molecule has 0 N–H and O–H groups in total. The number of amides is 1. The first kappa shape index (κ1) is 26.1. The third-order valence-corrected chi connectivity index (χ3v) is 8.11. The smallest absolute Gasteiger partial charge is 0.302 e. The van der Waals surface area contributed by atoms with Gasteiger partial charge < -0.3 is 23.5 Å². The number of hydrogen-bond acceptors (Lipinski definition) is 4. The number of carbonyl (C=O) groups excluding carboxylic acids is 2. The zero-order chi connectivity index (χ0) is 27.8. The van der Waals surface area contributed by atoms with Gasteiger partial charge >= 0.3 is 5.97 Å². The largest absolute Gasteiger partial charge is 0.466 e. The molecule has 7 heteroatoms. The Labute approximate surface area is 233 Å². The van der Waals surface area contributed by atoms with Gasteiger partial charge in [0.25, 0.3) is 0 Å². The van der Waals surface area contributed by atoms with Crippen LogP contribution in [0.25, 0.3) is 45.2 Å². The third kappa shape index (κ3) is 4.75. The lowest BCUT2D eigenvalue weighted by Gasteiger charge is -2.27. The van der Waals surface area contributed by atoms with Crippen LogP contribution in [0.4, 0.5) is 0 Å². The third-order valence-electron chi connectivity index (χ3n) is 8.11. The lowest BCUT2D eigenvalue weighted by atomic mass is 9.89. The van der Waals surface area contributed by atoms with Crippen molar-refractivity contribution in [2.24, 2.45) is 14.1 Å². The van der Waals surface area contributed by atoms with E-state index in [1.54, 1.807) is 6.08 Å². The Balaban J connectivity index is 1.51. The van der Waals surface area contributed by atoms with Crippen molar-refractivity contribution >= 4 is 45.8 Å². The molecule has 1 saturated heterocycles. The Hall–Kier alpha value is -4.10. The molecule has 0 aromatic heterocycles. The van der Waals surface area contributed by atoms with E-state index in [2.05, 4.69) is 71.8 Å². The number of rotatable bonds is 6. The molecule has 1 amide bonds. The van der Waals surface area contributed by atoms with E-state index in [4.69, 9.17) is 9.47 Å². The van der Waals surface area contributed by atoms with Crippen LogP contribution < -0.4 is 5.35 Å². The van der Waals surface area contributed by atoms with Crippen LogP contribution in [0.2, 0.25) is 0 Å².